The fraction of sp³-hybridized carbons (Fsp3) is 0.150. The molecule has 1 N–H and O–H groups in total. The molecule has 1 saturated heterocycles. The smallest absolute Gasteiger partial charge is 0.273 e. The summed E-state index contributed by atoms with van der Waals surface area (Å²) < 4.78 is 0. The molecule has 1 fully saturated rings. The zero-order chi connectivity index (χ0) is 18.0. The standard InChI is InChI=1S/C20H18N2O3/c1-13(2)15-10-8-14(9-11-15)12-17-18(23)21-20(25)22(19(17)24)16-6-4-3-5-7-16/h3-13H,1-2H3,(H,21,23,25)/b17-12+. The molecule has 0 bridgehead atoms. The summed E-state index contributed by atoms with van der Waals surface area (Å²) in [6.45, 7) is 4.18. The van der Waals surface area contributed by atoms with Crippen LogP contribution in [0.15, 0.2) is 60.2 Å². The van der Waals surface area contributed by atoms with Gasteiger partial charge in [0.05, 0.1) is 5.69 Å². The lowest BCUT2D eigenvalue weighted by Crippen LogP contribution is -2.54. The Kier molecular flexibility index (Phi) is 4.48. The molecule has 25 heavy (non-hydrogen) atoms. The second-order valence-electron chi connectivity index (χ2n) is 6.11. The quantitative estimate of drug-likeness (QED) is 0.690. The summed E-state index contributed by atoms with van der Waals surface area (Å²) in [5, 5.41) is 2.22. The fourth-order valence-electron chi connectivity index (χ4n) is 2.61. The number of amides is 4. The van der Waals surface area contributed by atoms with Crippen molar-refractivity contribution < 1.29 is 14.4 Å². The maximum Gasteiger partial charge on any atom is 0.335 e. The van der Waals surface area contributed by atoms with Gasteiger partial charge in [-0.1, -0.05) is 56.3 Å². The van der Waals surface area contributed by atoms with E-state index < -0.39 is 17.8 Å². The molecule has 0 aromatic heterocycles. The highest BCUT2D eigenvalue weighted by atomic mass is 16.2. The molecule has 126 valence electrons. The number of hydrogen-bond donors (Lipinski definition) is 1. The van der Waals surface area contributed by atoms with E-state index in [0.29, 0.717) is 11.6 Å². The lowest BCUT2D eigenvalue weighted by molar-refractivity contribution is -0.122. The summed E-state index contributed by atoms with van der Waals surface area (Å²) in [6, 6.07) is 15.4. The Morgan fingerprint density at radius 2 is 1.56 bits per heavy atom. The average Bonchev–Trinajstić information content (AvgIpc) is 2.60. The van der Waals surface area contributed by atoms with Gasteiger partial charge < -0.3 is 0 Å². The van der Waals surface area contributed by atoms with E-state index in [1.54, 1.807) is 30.3 Å². The van der Waals surface area contributed by atoms with E-state index in [4.69, 9.17) is 0 Å². The van der Waals surface area contributed by atoms with Crippen molar-refractivity contribution in [3.8, 4) is 0 Å². The predicted molar refractivity (Wildman–Crippen MR) is 96.0 cm³/mol. The minimum Gasteiger partial charge on any atom is -0.273 e. The van der Waals surface area contributed by atoms with Crippen LogP contribution in [-0.2, 0) is 9.59 Å². The van der Waals surface area contributed by atoms with Crippen LogP contribution in [0.25, 0.3) is 6.08 Å². The molecule has 1 aliphatic heterocycles. The number of hydrogen-bond acceptors (Lipinski definition) is 3. The summed E-state index contributed by atoms with van der Waals surface area (Å²) in [6.07, 6.45) is 1.50. The first-order valence-corrected chi connectivity index (χ1v) is 8.04. The Morgan fingerprint density at radius 1 is 0.920 bits per heavy atom. The van der Waals surface area contributed by atoms with E-state index in [2.05, 4.69) is 19.2 Å². The third-order valence-corrected chi connectivity index (χ3v) is 4.03. The first kappa shape index (κ1) is 16.6. The van der Waals surface area contributed by atoms with Gasteiger partial charge in [-0.25, -0.2) is 9.69 Å². The normalized spacial score (nSPS) is 16.5. The molecule has 3 rings (SSSR count). The Hall–Kier alpha value is -3.21. The topological polar surface area (TPSA) is 66.5 Å². The van der Waals surface area contributed by atoms with Crippen LogP contribution in [-0.4, -0.2) is 17.8 Å². The third kappa shape index (κ3) is 3.35. The van der Waals surface area contributed by atoms with E-state index in [1.807, 2.05) is 24.3 Å². The van der Waals surface area contributed by atoms with Crippen molar-refractivity contribution >= 4 is 29.6 Å². The Labute approximate surface area is 146 Å². The molecule has 0 unspecified atom stereocenters. The van der Waals surface area contributed by atoms with Crippen molar-refractivity contribution in [2.45, 2.75) is 19.8 Å². The summed E-state index contributed by atoms with van der Waals surface area (Å²) >= 11 is 0. The molecule has 1 heterocycles. The second kappa shape index (κ2) is 6.73. The number of para-hydroxylation sites is 1. The zero-order valence-electron chi connectivity index (χ0n) is 14.0. The molecule has 4 amide bonds. The summed E-state index contributed by atoms with van der Waals surface area (Å²) in [5.74, 6) is -0.921. The lowest BCUT2D eigenvalue weighted by atomic mass is 10.0. The minimum absolute atomic E-state index is 0.0688. The molecule has 2 aromatic carbocycles. The van der Waals surface area contributed by atoms with Gasteiger partial charge in [-0.15, -0.1) is 0 Å². The van der Waals surface area contributed by atoms with Gasteiger partial charge in [-0.3, -0.25) is 14.9 Å². The first-order valence-electron chi connectivity index (χ1n) is 8.04. The fourth-order valence-corrected chi connectivity index (χ4v) is 2.61. The molecule has 5 heteroatoms. The molecule has 0 saturated carbocycles. The van der Waals surface area contributed by atoms with Crippen LogP contribution in [0.5, 0.6) is 0 Å². The molecule has 5 nitrogen and oxygen atoms in total. The highest BCUT2D eigenvalue weighted by molar-refractivity contribution is 6.39. The molecule has 0 atom stereocenters. The second-order valence-corrected chi connectivity index (χ2v) is 6.11. The molecule has 0 spiro atoms. The number of anilines is 1. The van der Waals surface area contributed by atoms with Crippen molar-refractivity contribution in [2.24, 2.45) is 0 Å². The van der Waals surface area contributed by atoms with Crippen LogP contribution in [0.1, 0.15) is 30.9 Å². The first-order chi connectivity index (χ1) is 12.0. The van der Waals surface area contributed by atoms with E-state index in [9.17, 15) is 14.4 Å². The van der Waals surface area contributed by atoms with Gasteiger partial charge in [0, 0.05) is 0 Å². The summed E-state index contributed by atoms with van der Waals surface area (Å²) in [5.41, 5.74) is 2.24. The van der Waals surface area contributed by atoms with Crippen LogP contribution >= 0.6 is 0 Å². The van der Waals surface area contributed by atoms with Crippen molar-refractivity contribution in [3.63, 3.8) is 0 Å². The molecule has 1 aliphatic rings. The number of nitrogens with zero attached hydrogens (tertiary/aromatic N) is 1. The SMILES string of the molecule is CC(C)c1ccc(/C=C2\C(=O)NC(=O)N(c3ccccc3)C2=O)cc1. The number of imide groups is 2. The lowest BCUT2D eigenvalue weighted by Gasteiger charge is -2.26. The van der Waals surface area contributed by atoms with Gasteiger partial charge in [-0.2, -0.15) is 0 Å². The van der Waals surface area contributed by atoms with Crippen molar-refractivity contribution in [3.05, 3.63) is 71.3 Å². The Morgan fingerprint density at radius 3 is 2.16 bits per heavy atom. The molecular weight excluding hydrogens is 316 g/mol. The highest BCUT2D eigenvalue weighted by Crippen LogP contribution is 2.22. The summed E-state index contributed by atoms with van der Waals surface area (Å²) in [7, 11) is 0. The number of carbonyl (C=O) groups excluding carboxylic acids is 3. The van der Waals surface area contributed by atoms with Gasteiger partial charge >= 0.3 is 6.03 Å². The minimum atomic E-state index is -0.742. The average molecular weight is 334 g/mol. The van der Waals surface area contributed by atoms with E-state index in [1.165, 1.54) is 11.6 Å². The van der Waals surface area contributed by atoms with Crippen molar-refractivity contribution in [1.82, 2.24) is 5.32 Å². The highest BCUT2D eigenvalue weighted by Gasteiger charge is 2.36. The van der Waals surface area contributed by atoms with Gasteiger partial charge in [0.25, 0.3) is 11.8 Å². The number of carbonyl (C=O) groups is 3. The number of urea groups is 1. The molecular formula is C20H18N2O3. The van der Waals surface area contributed by atoms with Crippen LogP contribution in [0.2, 0.25) is 0 Å². The molecule has 2 aromatic rings. The maximum atomic E-state index is 12.7. The van der Waals surface area contributed by atoms with Crippen molar-refractivity contribution in [2.75, 3.05) is 4.90 Å². The van der Waals surface area contributed by atoms with Gasteiger partial charge in [-0.05, 0) is 35.3 Å². The zero-order valence-corrected chi connectivity index (χ0v) is 14.0. The van der Waals surface area contributed by atoms with Gasteiger partial charge in [0.2, 0.25) is 0 Å². The maximum absolute atomic E-state index is 12.7. The number of benzene rings is 2. The van der Waals surface area contributed by atoms with Gasteiger partial charge in [0.1, 0.15) is 5.57 Å². The van der Waals surface area contributed by atoms with Crippen LogP contribution in [0.4, 0.5) is 10.5 Å². The number of barbiturate groups is 1. The van der Waals surface area contributed by atoms with Crippen LogP contribution < -0.4 is 10.2 Å². The predicted octanol–water partition coefficient (Wildman–Crippen LogP) is 3.48. The molecule has 0 aliphatic carbocycles. The number of nitrogens with one attached hydrogen (secondary N) is 1. The molecule has 0 radical (unpaired) electrons. The third-order valence-electron chi connectivity index (χ3n) is 4.03. The van der Waals surface area contributed by atoms with Gasteiger partial charge in [0.15, 0.2) is 0 Å². The number of rotatable bonds is 3. The van der Waals surface area contributed by atoms with Crippen LogP contribution in [0, 0.1) is 0 Å². The van der Waals surface area contributed by atoms with Crippen molar-refractivity contribution in [1.29, 1.82) is 0 Å². The Bertz CT molecular complexity index is 852. The van der Waals surface area contributed by atoms with E-state index in [0.717, 1.165) is 10.5 Å². The largest absolute Gasteiger partial charge is 0.335 e. The summed E-state index contributed by atoms with van der Waals surface area (Å²) in [4.78, 5) is 37.9. The Balaban J connectivity index is 1.96. The monoisotopic (exact) mass is 334 g/mol. The van der Waals surface area contributed by atoms with E-state index >= 15 is 0 Å². The van der Waals surface area contributed by atoms with Crippen LogP contribution in [0.3, 0.4) is 0 Å². The van der Waals surface area contributed by atoms with E-state index in [-0.39, 0.29) is 5.57 Å².